The van der Waals surface area contributed by atoms with E-state index in [9.17, 15) is 0 Å². The number of morpholine rings is 1. The highest BCUT2D eigenvalue weighted by Crippen LogP contribution is 2.29. The Kier molecular flexibility index (Phi) is 7.50. The van der Waals surface area contributed by atoms with Crippen molar-refractivity contribution in [2.75, 3.05) is 45.8 Å². The van der Waals surface area contributed by atoms with E-state index in [0.717, 1.165) is 37.7 Å². The summed E-state index contributed by atoms with van der Waals surface area (Å²) < 4.78 is 16.3. The largest absolute Gasteiger partial charge is 0.497 e. The zero-order chi connectivity index (χ0) is 19.9. The summed E-state index contributed by atoms with van der Waals surface area (Å²) in [6.45, 7) is 5.78. The van der Waals surface area contributed by atoms with Crippen molar-refractivity contribution >= 4 is 34.4 Å². The molecule has 0 bridgehead atoms. The molecule has 152 valence electrons. The molecule has 0 radical (unpaired) electrons. The van der Waals surface area contributed by atoms with Gasteiger partial charge in [-0.3, -0.25) is 0 Å². The van der Waals surface area contributed by atoms with Crippen molar-refractivity contribution in [2.24, 2.45) is 0 Å². The van der Waals surface area contributed by atoms with Crippen LogP contribution in [0.5, 0.6) is 11.5 Å². The molecular weight excluding hydrogens is 394 g/mol. The summed E-state index contributed by atoms with van der Waals surface area (Å²) in [7, 11) is 3.28. The second kappa shape index (κ2) is 10.1. The summed E-state index contributed by atoms with van der Waals surface area (Å²) in [5.74, 6) is 1.46. The Balaban J connectivity index is 1.71. The Labute approximate surface area is 175 Å². The monoisotopic (exact) mass is 422 g/mol. The Morgan fingerprint density at radius 2 is 2.00 bits per heavy atom. The Bertz CT molecular complexity index is 764. The van der Waals surface area contributed by atoms with Crippen molar-refractivity contribution < 1.29 is 19.1 Å². The first kappa shape index (κ1) is 20.9. The highest BCUT2D eigenvalue weighted by atomic mass is 32.1. The molecule has 2 heterocycles. The van der Waals surface area contributed by atoms with Gasteiger partial charge in [0.2, 0.25) is 0 Å². The predicted octanol–water partition coefficient (Wildman–Crippen LogP) is 2.10. The number of rotatable bonds is 7. The number of methoxy groups -OCH3 is 2. The molecule has 0 aliphatic carbocycles. The first-order valence-corrected chi connectivity index (χ1v) is 10.7. The van der Waals surface area contributed by atoms with E-state index < -0.39 is 0 Å². The number of hydrogen-bond acceptors (Lipinski definition) is 5. The van der Waals surface area contributed by atoms with Crippen LogP contribution in [0.3, 0.4) is 0 Å². The number of benzene rings is 1. The van der Waals surface area contributed by atoms with Gasteiger partial charge in [0, 0.05) is 6.07 Å². The van der Waals surface area contributed by atoms with Crippen molar-refractivity contribution in [3.63, 3.8) is 0 Å². The Morgan fingerprint density at radius 3 is 2.64 bits per heavy atom. The zero-order valence-electron chi connectivity index (χ0n) is 16.5. The molecule has 1 aromatic carbocycles. The molecule has 0 saturated carbocycles. The van der Waals surface area contributed by atoms with Gasteiger partial charge >= 0.3 is 0 Å². The average Bonchev–Trinajstić information content (AvgIpc) is 3.23. The van der Waals surface area contributed by atoms with Crippen LogP contribution in [0.25, 0.3) is 0 Å². The number of nitrogens with one attached hydrogen (secondary N) is 3. The molecule has 0 amide bonds. The van der Waals surface area contributed by atoms with Crippen molar-refractivity contribution in [2.45, 2.75) is 19.0 Å². The molecule has 1 aliphatic heterocycles. The molecule has 6 nitrogen and oxygen atoms in total. The van der Waals surface area contributed by atoms with Gasteiger partial charge in [-0.1, -0.05) is 6.07 Å². The lowest BCUT2D eigenvalue weighted by molar-refractivity contribution is -0.939. The van der Waals surface area contributed by atoms with E-state index in [1.54, 1.807) is 25.6 Å². The third kappa shape index (κ3) is 5.14. The maximum Gasteiger partial charge on any atom is 0.171 e. The maximum atomic E-state index is 5.60. The van der Waals surface area contributed by atoms with E-state index in [1.807, 2.05) is 18.2 Å². The van der Waals surface area contributed by atoms with Crippen LogP contribution in [0.4, 0.5) is 5.69 Å². The van der Waals surface area contributed by atoms with Gasteiger partial charge in [0.05, 0.1) is 44.0 Å². The summed E-state index contributed by atoms with van der Waals surface area (Å²) in [5, 5.41) is 9.42. The first-order chi connectivity index (χ1) is 13.6. The minimum atomic E-state index is 0.156. The molecule has 2 aromatic rings. The molecule has 3 N–H and O–H groups in total. The van der Waals surface area contributed by atoms with Gasteiger partial charge in [0.25, 0.3) is 0 Å². The smallest absolute Gasteiger partial charge is 0.171 e. The van der Waals surface area contributed by atoms with Crippen LogP contribution in [-0.2, 0) is 4.74 Å². The van der Waals surface area contributed by atoms with Crippen LogP contribution < -0.4 is 25.0 Å². The molecule has 28 heavy (non-hydrogen) atoms. The number of anilines is 1. The Morgan fingerprint density at radius 1 is 1.21 bits per heavy atom. The third-order valence-corrected chi connectivity index (χ3v) is 6.11. The van der Waals surface area contributed by atoms with E-state index in [0.29, 0.717) is 16.9 Å². The van der Waals surface area contributed by atoms with Gasteiger partial charge in [-0.2, -0.15) is 0 Å². The van der Waals surface area contributed by atoms with Crippen molar-refractivity contribution in [1.82, 2.24) is 5.32 Å². The lowest BCUT2D eigenvalue weighted by Crippen LogP contribution is -3.15. The minimum Gasteiger partial charge on any atom is -0.497 e. The third-order valence-electron chi connectivity index (χ3n) is 4.94. The molecule has 1 saturated heterocycles. The number of thiocarbonyl (C=S) groups is 1. The molecule has 0 spiro atoms. The lowest BCUT2D eigenvalue weighted by Gasteiger charge is -2.35. The summed E-state index contributed by atoms with van der Waals surface area (Å²) in [6, 6.07) is 10.4. The topological polar surface area (TPSA) is 56.2 Å². The predicted molar refractivity (Wildman–Crippen MR) is 117 cm³/mol. The van der Waals surface area contributed by atoms with Gasteiger partial charge in [-0.25, -0.2) is 0 Å². The SMILES string of the molecule is COc1ccc(OC)c(NC(=S)N[C@H](C)[C@H](c2cccs2)[NH+]2CCOCC2)c1. The number of thiophene rings is 1. The molecule has 1 aliphatic rings. The highest BCUT2D eigenvalue weighted by molar-refractivity contribution is 7.80. The molecule has 3 rings (SSSR count). The number of hydrogen-bond donors (Lipinski definition) is 3. The molecule has 1 fully saturated rings. The first-order valence-electron chi connectivity index (χ1n) is 9.37. The Hall–Kier alpha value is -1.87. The maximum absolute atomic E-state index is 5.60. The average molecular weight is 423 g/mol. The summed E-state index contributed by atoms with van der Waals surface area (Å²) >= 11 is 7.39. The summed E-state index contributed by atoms with van der Waals surface area (Å²) in [4.78, 5) is 2.88. The van der Waals surface area contributed by atoms with Crippen molar-refractivity contribution in [1.29, 1.82) is 0 Å². The van der Waals surface area contributed by atoms with Gasteiger partial charge in [0.15, 0.2) is 5.11 Å². The van der Waals surface area contributed by atoms with Gasteiger partial charge < -0.3 is 29.7 Å². The van der Waals surface area contributed by atoms with Crippen LogP contribution in [0.15, 0.2) is 35.7 Å². The fourth-order valence-electron chi connectivity index (χ4n) is 3.57. The van der Waals surface area contributed by atoms with Gasteiger partial charge in [-0.05, 0) is 42.7 Å². The van der Waals surface area contributed by atoms with Crippen molar-refractivity contribution in [3.05, 3.63) is 40.6 Å². The molecule has 2 atom stereocenters. The molecular formula is C20H28N3O3S2+. The number of quaternary nitrogens is 1. The van der Waals surface area contributed by atoms with E-state index in [-0.39, 0.29) is 6.04 Å². The standard InChI is InChI=1S/C20H27N3O3S2/c1-14(19(18-5-4-12-28-18)23-8-10-26-11-9-23)21-20(27)22-16-13-15(24-2)6-7-17(16)25-3/h4-7,12-14,19H,8-11H2,1-3H3,(H2,21,22,27)/p+1/t14-,19-/m1/s1. The summed E-state index contributed by atoms with van der Waals surface area (Å²) in [5.41, 5.74) is 0.776. The lowest BCUT2D eigenvalue weighted by atomic mass is 10.1. The van der Waals surface area contributed by atoms with Crippen LogP contribution in [-0.4, -0.2) is 51.7 Å². The highest BCUT2D eigenvalue weighted by Gasteiger charge is 2.32. The quantitative estimate of drug-likeness (QED) is 0.594. The van der Waals surface area contributed by atoms with Crippen LogP contribution in [0, 0.1) is 0 Å². The van der Waals surface area contributed by atoms with Gasteiger partial charge in [-0.15, -0.1) is 11.3 Å². The molecule has 0 unspecified atom stereocenters. The zero-order valence-corrected chi connectivity index (χ0v) is 18.1. The van der Waals surface area contributed by atoms with Gasteiger partial charge in [0.1, 0.15) is 30.6 Å². The van der Waals surface area contributed by atoms with Crippen molar-refractivity contribution in [3.8, 4) is 11.5 Å². The number of ether oxygens (including phenoxy) is 3. The molecule has 1 aromatic heterocycles. The summed E-state index contributed by atoms with van der Waals surface area (Å²) in [6.07, 6.45) is 0. The van der Waals surface area contributed by atoms with E-state index in [4.69, 9.17) is 26.4 Å². The minimum absolute atomic E-state index is 0.156. The second-order valence-electron chi connectivity index (χ2n) is 6.72. The van der Waals surface area contributed by atoms with Crippen LogP contribution >= 0.6 is 23.6 Å². The van der Waals surface area contributed by atoms with E-state index >= 15 is 0 Å². The van der Waals surface area contributed by atoms with E-state index in [2.05, 4.69) is 35.1 Å². The van der Waals surface area contributed by atoms with Crippen LogP contribution in [0.2, 0.25) is 0 Å². The van der Waals surface area contributed by atoms with E-state index in [1.165, 1.54) is 9.78 Å². The fourth-order valence-corrected chi connectivity index (χ4v) is 4.86. The molecule has 8 heteroatoms. The second-order valence-corrected chi connectivity index (χ2v) is 8.10. The fraction of sp³-hybridized carbons (Fsp3) is 0.450. The van der Waals surface area contributed by atoms with Crippen LogP contribution in [0.1, 0.15) is 17.8 Å². The normalized spacial score (nSPS) is 16.8.